The van der Waals surface area contributed by atoms with Crippen LogP contribution in [0.25, 0.3) is 0 Å². The van der Waals surface area contributed by atoms with Crippen molar-refractivity contribution in [1.82, 2.24) is 4.37 Å². The zero-order valence-electron chi connectivity index (χ0n) is 7.73. The van der Waals surface area contributed by atoms with Crippen LogP contribution >= 0.6 is 11.5 Å². The molecule has 1 heterocycles. The molecule has 13 heavy (non-hydrogen) atoms. The molecule has 0 aliphatic heterocycles. The first-order valence-corrected chi connectivity index (χ1v) is 5.13. The molecule has 0 saturated carbocycles. The van der Waals surface area contributed by atoms with E-state index in [9.17, 15) is 0 Å². The molecule has 0 spiro atoms. The standard InChI is InChI=1S/C8H15N3OS/c1-2-11(4-3-5-12)8-6-7(9)10-13-8/h6,12H,2-5H2,1H3,(H2,9,10). The number of anilines is 2. The summed E-state index contributed by atoms with van der Waals surface area (Å²) in [5, 5.41) is 9.78. The summed E-state index contributed by atoms with van der Waals surface area (Å²) in [5.41, 5.74) is 5.52. The van der Waals surface area contributed by atoms with Gasteiger partial charge in [0.2, 0.25) is 0 Å². The maximum Gasteiger partial charge on any atom is 0.139 e. The van der Waals surface area contributed by atoms with Gasteiger partial charge in [0.25, 0.3) is 0 Å². The second kappa shape index (κ2) is 5.04. The van der Waals surface area contributed by atoms with Gasteiger partial charge in [-0.2, -0.15) is 4.37 Å². The van der Waals surface area contributed by atoms with Crippen molar-refractivity contribution in [2.45, 2.75) is 13.3 Å². The molecule has 0 radical (unpaired) electrons. The SMILES string of the molecule is CCN(CCCO)c1cc(N)ns1. The molecule has 0 aliphatic rings. The average molecular weight is 201 g/mol. The van der Waals surface area contributed by atoms with E-state index in [1.807, 2.05) is 6.07 Å². The van der Waals surface area contributed by atoms with Crippen molar-refractivity contribution in [2.75, 3.05) is 30.3 Å². The van der Waals surface area contributed by atoms with E-state index in [1.54, 1.807) is 0 Å². The second-order valence-electron chi connectivity index (χ2n) is 2.75. The molecule has 0 atom stereocenters. The summed E-state index contributed by atoms with van der Waals surface area (Å²) in [7, 11) is 0. The monoisotopic (exact) mass is 201 g/mol. The van der Waals surface area contributed by atoms with Crippen molar-refractivity contribution >= 4 is 22.4 Å². The topological polar surface area (TPSA) is 62.4 Å². The van der Waals surface area contributed by atoms with Gasteiger partial charge in [-0.1, -0.05) is 0 Å². The number of nitrogen functional groups attached to an aromatic ring is 1. The fourth-order valence-electron chi connectivity index (χ4n) is 1.11. The number of rotatable bonds is 5. The minimum absolute atomic E-state index is 0.227. The van der Waals surface area contributed by atoms with E-state index in [1.165, 1.54) is 11.5 Å². The molecule has 0 amide bonds. The molecule has 0 unspecified atom stereocenters. The number of nitrogens with two attached hydrogens (primary N) is 1. The van der Waals surface area contributed by atoms with Crippen molar-refractivity contribution < 1.29 is 5.11 Å². The summed E-state index contributed by atoms with van der Waals surface area (Å²) in [5.74, 6) is 0.572. The van der Waals surface area contributed by atoms with Gasteiger partial charge >= 0.3 is 0 Å². The van der Waals surface area contributed by atoms with Crippen LogP contribution in [0.2, 0.25) is 0 Å². The molecule has 0 fully saturated rings. The van der Waals surface area contributed by atoms with Crippen LogP contribution in [0.1, 0.15) is 13.3 Å². The van der Waals surface area contributed by atoms with E-state index in [-0.39, 0.29) is 6.61 Å². The number of aliphatic hydroxyl groups is 1. The van der Waals surface area contributed by atoms with Gasteiger partial charge in [-0.05, 0) is 24.9 Å². The molecule has 0 saturated heterocycles. The van der Waals surface area contributed by atoms with Crippen molar-refractivity contribution in [3.05, 3.63) is 6.07 Å². The van der Waals surface area contributed by atoms with Crippen LogP contribution in [-0.2, 0) is 0 Å². The summed E-state index contributed by atoms with van der Waals surface area (Å²) < 4.78 is 4.01. The van der Waals surface area contributed by atoms with Crippen LogP contribution < -0.4 is 10.6 Å². The summed E-state index contributed by atoms with van der Waals surface area (Å²) in [6.45, 7) is 4.08. The molecule has 1 rings (SSSR count). The Labute approximate surface area is 82.2 Å². The minimum atomic E-state index is 0.227. The lowest BCUT2D eigenvalue weighted by molar-refractivity contribution is 0.290. The largest absolute Gasteiger partial charge is 0.396 e. The Morgan fingerprint density at radius 2 is 2.46 bits per heavy atom. The van der Waals surface area contributed by atoms with Crippen molar-refractivity contribution in [2.24, 2.45) is 0 Å². The fraction of sp³-hybridized carbons (Fsp3) is 0.625. The van der Waals surface area contributed by atoms with E-state index < -0.39 is 0 Å². The average Bonchev–Trinajstić information content (AvgIpc) is 2.54. The van der Waals surface area contributed by atoms with E-state index in [2.05, 4.69) is 16.2 Å². The quantitative estimate of drug-likeness (QED) is 0.744. The Morgan fingerprint density at radius 3 is 2.92 bits per heavy atom. The highest BCUT2D eigenvalue weighted by molar-refractivity contribution is 7.10. The number of hydrogen-bond donors (Lipinski definition) is 2. The third-order valence-corrected chi connectivity index (χ3v) is 2.66. The normalized spacial score (nSPS) is 10.3. The summed E-state index contributed by atoms with van der Waals surface area (Å²) in [4.78, 5) is 2.16. The molecule has 5 heteroatoms. The van der Waals surface area contributed by atoms with Crippen molar-refractivity contribution in [1.29, 1.82) is 0 Å². The van der Waals surface area contributed by atoms with Gasteiger partial charge in [-0.15, -0.1) is 0 Å². The molecule has 1 aromatic rings. The van der Waals surface area contributed by atoms with Crippen LogP contribution in [0.5, 0.6) is 0 Å². The maximum absolute atomic E-state index is 8.70. The van der Waals surface area contributed by atoms with Gasteiger partial charge < -0.3 is 15.7 Å². The van der Waals surface area contributed by atoms with Crippen LogP contribution in [0.15, 0.2) is 6.07 Å². The summed E-state index contributed by atoms with van der Waals surface area (Å²) in [6.07, 6.45) is 0.783. The molecule has 4 nitrogen and oxygen atoms in total. The van der Waals surface area contributed by atoms with Crippen LogP contribution in [0, 0.1) is 0 Å². The summed E-state index contributed by atoms with van der Waals surface area (Å²) in [6, 6.07) is 1.87. The van der Waals surface area contributed by atoms with E-state index >= 15 is 0 Å². The van der Waals surface area contributed by atoms with Crippen LogP contribution in [0.3, 0.4) is 0 Å². The first-order chi connectivity index (χ1) is 6.27. The lowest BCUT2D eigenvalue weighted by Gasteiger charge is -2.19. The number of aliphatic hydroxyl groups excluding tert-OH is 1. The smallest absolute Gasteiger partial charge is 0.139 e. The Morgan fingerprint density at radius 1 is 1.69 bits per heavy atom. The highest BCUT2D eigenvalue weighted by Crippen LogP contribution is 2.22. The molecule has 74 valence electrons. The minimum Gasteiger partial charge on any atom is -0.396 e. The number of hydrogen-bond acceptors (Lipinski definition) is 5. The van der Waals surface area contributed by atoms with Gasteiger partial charge in [0.1, 0.15) is 10.8 Å². The van der Waals surface area contributed by atoms with E-state index in [0.717, 1.165) is 24.5 Å². The van der Waals surface area contributed by atoms with Gasteiger partial charge in [0.15, 0.2) is 0 Å². The lowest BCUT2D eigenvalue weighted by atomic mass is 10.4. The highest BCUT2D eigenvalue weighted by atomic mass is 32.1. The van der Waals surface area contributed by atoms with Crippen LogP contribution in [0.4, 0.5) is 10.8 Å². The first-order valence-electron chi connectivity index (χ1n) is 4.36. The van der Waals surface area contributed by atoms with Crippen molar-refractivity contribution in [3.8, 4) is 0 Å². The first kappa shape index (κ1) is 10.3. The molecule has 1 aromatic heterocycles. The predicted molar refractivity (Wildman–Crippen MR) is 56.1 cm³/mol. The van der Waals surface area contributed by atoms with Gasteiger partial charge in [-0.3, -0.25) is 0 Å². The Bertz CT molecular complexity index is 251. The number of aromatic nitrogens is 1. The molecular weight excluding hydrogens is 186 g/mol. The maximum atomic E-state index is 8.70. The summed E-state index contributed by atoms with van der Waals surface area (Å²) >= 11 is 1.40. The predicted octanol–water partition coefficient (Wildman–Crippen LogP) is 0.934. The molecule has 0 aromatic carbocycles. The molecule has 3 N–H and O–H groups in total. The zero-order chi connectivity index (χ0) is 9.68. The van der Waals surface area contributed by atoms with Gasteiger partial charge in [-0.25, -0.2) is 0 Å². The number of nitrogens with zero attached hydrogens (tertiary/aromatic N) is 2. The van der Waals surface area contributed by atoms with Crippen LogP contribution in [-0.4, -0.2) is 29.2 Å². The van der Waals surface area contributed by atoms with Gasteiger partial charge in [0, 0.05) is 25.8 Å². The molecule has 0 aliphatic carbocycles. The highest BCUT2D eigenvalue weighted by Gasteiger charge is 2.06. The third kappa shape index (κ3) is 2.86. The lowest BCUT2D eigenvalue weighted by Crippen LogP contribution is -2.23. The molecular formula is C8H15N3OS. The zero-order valence-corrected chi connectivity index (χ0v) is 8.55. The second-order valence-corrected chi connectivity index (χ2v) is 3.53. The third-order valence-electron chi connectivity index (χ3n) is 1.80. The van der Waals surface area contributed by atoms with E-state index in [0.29, 0.717) is 5.82 Å². The Balaban J connectivity index is 2.56. The van der Waals surface area contributed by atoms with E-state index in [4.69, 9.17) is 10.8 Å². The molecule has 0 bridgehead atoms. The van der Waals surface area contributed by atoms with Gasteiger partial charge in [0.05, 0.1) is 0 Å². The Hall–Kier alpha value is -0.810. The van der Waals surface area contributed by atoms with Crippen molar-refractivity contribution in [3.63, 3.8) is 0 Å². The Kier molecular flexibility index (Phi) is 3.98. The fourth-order valence-corrected chi connectivity index (χ4v) is 1.87.